The molecular formula is C20H23NO5. The number of carbonyl (C=O) groups is 2. The zero-order chi connectivity index (χ0) is 19.2. The molecule has 6 nitrogen and oxygen atoms in total. The Labute approximate surface area is 152 Å². The molecule has 0 bridgehead atoms. The van der Waals surface area contributed by atoms with Crippen molar-refractivity contribution < 1.29 is 24.2 Å². The first-order valence-electron chi connectivity index (χ1n) is 8.29. The normalized spacial score (nSPS) is 12.7. The van der Waals surface area contributed by atoms with Gasteiger partial charge in [0.25, 0.3) is 5.91 Å². The lowest BCUT2D eigenvalue weighted by atomic mass is 9.88. The Hall–Kier alpha value is -3.02. The number of rotatable bonds is 8. The van der Waals surface area contributed by atoms with E-state index in [2.05, 4.69) is 5.32 Å². The van der Waals surface area contributed by atoms with Crippen molar-refractivity contribution in [2.24, 2.45) is 0 Å². The number of hydrogen-bond donors (Lipinski definition) is 2. The quantitative estimate of drug-likeness (QED) is 0.758. The van der Waals surface area contributed by atoms with Gasteiger partial charge in [-0.3, -0.25) is 9.59 Å². The van der Waals surface area contributed by atoms with Crippen LogP contribution in [0.5, 0.6) is 11.5 Å². The Balaban J connectivity index is 2.28. The molecule has 1 unspecified atom stereocenters. The number of methoxy groups -OCH3 is 1. The third kappa shape index (κ3) is 4.75. The number of benzene rings is 2. The van der Waals surface area contributed by atoms with E-state index < -0.39 is 11.5 Å². The van der Waals surface area contributed by atoms with Crippen molar-refractivity contribution in [2.45, 2.75) is 25.8 Å². The lowest BCUT2D eigenvalue weighted by Gasteiger charge is -2.30. The highest BCUT2D eigenvalue weighted by Gasteiger charge is 2.32. The van der Waals surface area contributed by atoms with Crippen LogP contribution in [0, 0.1) is 0 Å². The van der Waals surface area contributed by atoms with Crippen molar-refractivity contribution in [3.8, 4) is 11.5 Å². The number of ether oxygens (including phenoxy) is 2. The van der Waals surface area contributed by atoms with E-state index in [4.69, 9.17) is 9.47 Å². The number of hydrogen-bond acceptors (Lipinski definition) is 4. The molecule has 1 atom stereocenters. The molecule has 6 heteroatoms. The van der Waals surface area contributed by atoms with Crippen molar-refractivity contribution in [3.05, 3.63) is 59.7 Å². The van der Waals surface area contributed by atoms with E-state index in [1.807, 2.05) is 6.92 Å². The zero-order valence-corrected chi connectivity index (χ0v) is 15.1. The molecule has 2 rings (SSSR count). The highest BCUT2D eigenvalue weighted by molar-refractivity contribution is 5.95. The molecule has 138 valence electrons. The van der Waals surface area contributed by atoms with Gasteiger partial charge in [-0.1, -0.05) is 12.1 Å². The minimum Gasteiger partial charge on any atom is -0.497 e. The fourth-order valence-electron chi connectivity index (χ4n) is 2.68. The van der Waals surface area contributed by atoms with Gasteiger partial charge in [0, 0.05) is 5.56 Å². The summed E-state index contributed by atoms with van der Waals surface area (Å²) in [7, 11) is 1.53. The summed E-state index contributed by atoms with van der Waals surface area (Å²) in [6.45, 7) is 4.10. The first kappa shape index (κ1) is 19.3. The summed E-state index contributed by atoms with van der Waals surface area (Å²) < 4.78 is 10.6. The monoisotopic (exact) mass is 357 g/mol. The number of carbonyl (C=O) groups excluding carboxylic acids is 1. The topological polar surface area (TPSA) is 84.9 Å². The van der Waals surface area contributed by atoms with Gasteiger partial charge in [-0.05, 0) is 55.8 Å². The van der Waals surface area contributed by atoms with Gasteiger partial charge in [0.05, 0.1) is 25.7 Å². The van der Waals surface area contributed by atoms with E-state index in [-0.39, 0.29) is 12.3 Å². The largest absolute Gasteiger partial charge is 0.497 e. The summed E-state index contributed by atoms with van der Waals surface area (Å²) in [6, 6.07) is 13.7. The summed E-state index contributed by atoms with van der Waals surface area (Å²) in [5, 5.41) is 12.2. The Bertz CT molecular complexity index is 772. The van der Waals surface area contributed by atoms with Gasteiger partial charge in [-0.2, -0.15) is 0 Å². The van der Waals surface area contributed by atoms with Crippen molar-refractivity contribution in [3.63, 3.8) is 0 Å². The second kappa shape index (κ2) is 8.38. The van der Waals surface area contributed by atoms with Gasteiger partial charge >= 0.3 is 5.97 Å². The van der Waals surface area contributed by atoms with Crippen LogP contribution in [0.1, 0.15) is 36.2 Å². The second-order valence-electron chi connectivity index (χ2n) is 6.05. The zero-order valence-electron chi connectivity index (χ0n) is 15.1. The average molecular weight is 357 g/mol. The highest BCUT2D eigenvalue weighted by atomic mass is 16.5. The number of amides is 1. The highest BCUT2D eigenvalue weighted by Crippen LogP contribution is 2.28. The van der Waals surface area contributed by atoms with Gasteiger partial charge in [0.1, 0.15) is 11.5 Å². The van der Waals surface area contributed by atoms with Gasteiger partial charge in [-0.25, -0.2) is 0 Å². The maximum atomic E-state index is 12.7. The van der Waals surface area contributed by atoms with E-state index in [1.54, 1.807) is 55.5 Å². The first-order valence-corrected chi connectivity index (χ1v) is 8.29. The maximum Gasteiger partial charge on any atom is 0.306 e. The van der Waals surface area contributed by atoms with Crippen LogP contribution in [0.3, 0.4) is 0 Å². The van der Waals surface area contributed by atoms with Crippen LogP contribution in [0.2, 0.25) is 0 Å². The molecule has 0 heterocycles. The van der Waals surface area contributed by atoms with Crippen LogP contribution in [0.15, 0.2) is 48.5 Å². The van der Waals surface area contributed by atoms with Gasteiger partial charge < -0.3 is 19.9 Å². The summed E-state index contributed by atoms with van der Waals surface area (Å²) in [5.41, 5.74) is -0.0118. The fourth-order valence-corrected chi connectivity index (χ4v) is 2.68. The minimum atomic E-state index is -1.09. The summed E-state index contributed by atoms with van der Waals surface area (Å²) in [6.07, 6.45) is -0.261. The average Bonchev–Trinajstić information content (AvgIpc) is 2.62. The smallest absolute Gasteiger partial charge is 0.306 e. The van der Waals surface area contributed by atoms with Gasteiger partial charge in [0.2, 0.25) is 0 Å². The van der Waals surface area contributed by atoms with E-state index in [0.717, 1.165) is 0 Å². The third-order valence-electron chi connectivity index (χ3n) is 4.03. The molecule has 0 aromatic heterocycles. The van der Waals surface area contributed by atoms with Crippen LogP contribution in [-0.4, -0.2) is 30.7 Å². The summed E-state index contributed by atoms with van der Waals surface area (Å²) in [4.78, 5) is 24.0. The van der Waals surface area contributed by atoms with E-state index >= 15 is 0 Å². The lowest BCUT2D eigenvalue weighted by Crippen LogP contribution is -2.45. The molecule has 0 aliphatic carbocycles. The molecule has 0 radical (unpaired) electrons. The summed E-state index contributed by atoms with van der Waals surface area (Å²) in [5.74, 6) is -0.110. The Kier molecular flexibility index (Phi) is 6.22. The third-order valence-corrected chi connectivity index (χ3v) is 4.03. The van der Waals surface area contributed by atoms with E-state index in [9.17, 15) is 14.7 Å². The molecule has 0 fully saturated rings. The molecule has 0 saturated heterocycles. The Morgan fingerprint density at radius 3 is 2.38 bits per heavy atom. The molecule has 0 saturated carbocycles. The lowest BCUT2D eigenvalue weighted by molar-refractivity contribution is -0.138. The number of carboxylic acids is 1. The predicted molar refractivity (Wildman–Crippen MR) is 97.7 cm³/mol. The maximum absolute atomic E-state index is 12.7. The molecular weight excluding hydrogens is 334 g/mol. The van der Waals surface area contributed by atoms with Crippen LogP contribution >= 0.6 is 0 Å². The molecule has 0 spiro atoms. The number of nitrogens with one attached hydrogen (secondary N) is 1. The molecule has 2 aromatic carbocycles. The standard InChI is InChI=1S/C20H23NO5/c1-4-26-16-10-8-14(9-11-16)19(24)21-20(2,13-18(22)23)15-6-5-7-17(12-15)25-3/h5-12H,4,13H2,1-3H3,(H,21,24)(H,22,23). The fraction of sp³-hybridized carbons (Fsp3) is 0.300. The van der Waals surface area contributed by atoms with E-state index in [1.165, 1.54) is 7.11 Å². The first-order chi connectivity index (χ1) is 12.4. The molecule has 26 heavy (non-hydrogen) atoms. The van der Waals surface area contributed by atoms with Gasteiger partial charge in [0.15, 0.2) is 0 Å². The molecule has 0 aliphatic heterocycles. The Morgan fingerprint density at radius 1 is 1.12 bits per heavy atom. The van der Waals surface area contributed by atoms with Crippen LogP contribution in [0.4, 0.5) is 0 Å². The minimum absolute atomic E-state index is 0.261. The second-order valence-corrected chi connectivity index (χ2v) is 6.05. The Morgan fingerprint density at radius 2 is 1.81 bits per heavy atom. The molecule has 0 aliphatic rings. The number of carboxylic acid groups (broad SMARTS) is 1. The predicted octanol–water partition coefficient (Wildman–Crippen LogP) is 3.21. The van der Waals surface area contributed by atoms with Crippen LogP contribution in [0.25, 0.3) is 0 Å². The van der Waals surface area contributed by atoms with Crippen molar-refractivity contribution in [1.82, 2.24) is 5.32 Å². The summed E-state index contributed by atoms with van der Waals surface area (Å²) >= 11 is 0. The molecule has 2 N–H and O–H groups in total. The SMILES string of the molecule is CCOc1ccc(C(=O)NC(C)(CC(=O)O)c2cccc(OC)c2)cc1. The van der Waals surface area contributed by atoms with Crippen molar-refractivity contribution in [1.29, 1.82) is 0 Å². The van der Waals surface area contributed by atoms with E-state index in [0.29, 0.717) is 29.2 Å². The van der Waals surface area contributed by atoms with Crippen molar-refractivity contribution >= 4 is 11.9 Å². The van der Waals surface area contributed by atoms with Crippen LogP contribution in [-0.2, 0) is 10.3 Å². The molecule has 2 aromatic rings. The van der Waals surface area contributed by atoms with Gasteiger partial charge in [-0.15, -0.1) is 0 Å². The number of aliphatic carboxylic acids is 1. The van der Waals surface area contributed by atoms with Crippen molar-refractivity contribution in [2.75, 3.05) is 13.7 Å². The van der Waals surface area contributed by atoms with Crippen LogP contribution < -0.4 is 14.8 Å². The molecule has 1 amide bonds.